The summed E-state index contributed by atoms with van der Waals surface area (Å²) in [5.41, 5.74) is 0. The predicted molar refractivity (Wildman–Crippen MR) is 53.5 cm³/mol. The second-order valence-electron chi connectivity index (χ2n) is 2.11. The quantitative estimate of drug-likeness (QED) is 0.272. The van der Waals surface area contributed by atoms with E-state index in [0.717, 1.165) is 12.2 Å². The van der Waals surface area contributed by atoms with Gasteiger partial charge in [0.05, 0.1) is 0 Å². The minimum Gasteiger partial charge on any atom is -0.435 e. The van der Waals surface area contributed by atoms with Gasteiger partial charge in [0.15, 0.2) is 0 Å². The molecule has 0 heterocycles. The lowest BCUT2D eigenvalue weighted by Gasteiger charge is -2.05. The summed E-state index contributed by atoms with van der Waals surface area (Å²) < 4.78 is 28.5. The summed E-state index contributed by atoms with van der Waals surface area (Å²) in [6.45, 7) is 5.22. The van der Waals surface area contributed by atoms with Gasteiger partial charge in [0.1, 0.15) is 0 Å². The lowest BCUT2D eigenvalue weighted by atomic mass is 10.7. The summed E-state index contributed by atoms with van der Waals surface area (Å²) in [5.74, 6) is -1.43. The standard InChI is InChI=1S/C8H11O7P/c1-3-7(9)12-5-14-16(11)15-6-13-8(10)4-2/h3-4,16H,1-2,5-6H2. The van der Waals surface area contributed by atoms with E-state index in [0.29, 0.717) is 0 Å². The van der Waals surface area contributed by atoms with E-state index >= 15 is 0 Å². The highest BCUT2D eigenvalue weighted by molar-refractivity contribution is 7.33. The second kappa shape index (κ2) is 8.84. The molecule has 0 amide bonds. The predicted octanol–water partition coefficient (Wildman–Crippen LogP) is 0.783. The van der Waals surface area contributed by atoms with E-state index in [2.05, 4.69) is 31.7 Å². The molecule has 0 aromatic heterocycles. The fraction of sp³-hybridized carbons (Fsp3) is 0.250. The smallest absolute Gasteiger partial charge is 0.332 e. The average Bonchev–Trinajstić information content (AvgIpc) is 2.28. The Balaban J connectivity index is 3.52. The van der Waals surface area contributed by atoms with E-state index in [1.165, 1.54) is 0 Å². The van der Waals surface area contributed by atoms with Gasteiger partial charge in [0.25, 0.3) is 0 Å². The lowest BCUT2D eigenvalue weighted by Crippen LogP contribution is -2.05. The van der Waals surface area contributed by atoms with Crippen LogP contribution >= 0.6 is 8.25 Å². The molecule has 16 heavy (non-hydrogen) atoms. The van der Waals surface area contributed by atoms with Crippen LogP contribution in [0.5, 0.6) is 0 Å². The molecule has 0 aliphatic carbocycles. The van der Waals surface area contributed by atoms with Crippen LogP contribution in [0.25, 0.3) is 0 Å². The zero-order valence-corrected chi connectivity index (χ0v) is 9.34. The van der Waals surface area contributed by atoms with Crippen molar-refractivity contribution in [1.29, 1.82) is 0 Å². The summed E-state index contributed by atoms with van der Waals surface area (Å²) >= 11 is 0. The molecular formula is C8H11O7P. The molecule has 0 aliphatic rings. The minimum atomic E-state index is -2.87. The normalized spacial score (nSPS) is 9.56. The zero-order chi connectivity index (χ0) is 12.4. The highest BCUT2D eigenvalue weighted by Gasteiger charge is 2.03. The number of ether oxygens (including phenoxy) is 2. The van der Waals surface area contributed by atoms with Crippen LogP contribution in [0.4, 0.5) is 0 Å². The van der Waals surface area contributed by atoms with Crippen molar-refractivity contribution in [1.82, 2.24) is 0 Å². The molecule has 0 aromatic carbocycles. The molecule has 0 aliphatic heterocycles. The van der Waals surface area contributed by atoms with Crippen LogP contribution in [0.1, 0.15) is 0 Å². The molecule has 0 N–H and O–H groups in total. The van der Waals surface area contributed by atoms with Crippen molar-refractivity contribution in [3.05, 3.63) is 25.3 Å². The molecule has 0 atom stereocenters. The Kier molecular flexibility index (Phi) is 8.05. The Morgan fingerprint density at radius 1 is 1.00 bits per heavy atom. The summed E-state index contributed by atoms with van der Waals surface area (Å²) in [6.07, 6.45) is 1.85. The molecule has 90 valence electrons. The van der Waals surface area contributed by atoms with Gasteiger partial charge in [-0.05, 0) is 0 Å². The minimum absolute atomic E-state index is 0.530. The van der Waals surface area contributed by atoms with Crippen molar-refractivity contribution in [2.45, 2.75) is 0 Å². The number of hydrogen-bond acceptors (Lipinski definition) is 7. The molecule has 0 bridgehead atoms. The topological polar surface area (TPSA) is 88.1 Å². The van der Waals surface area contributed by atoms with Gasteiger partial charge >= 0.3 is 20.2 Å². The maximum atomic E-state index is 10.9. The first kappa shape index (κ1) is 14.6. The lowest BCUT2D eigenvalue weighted by molar-refractivity contribution is -0.145. The maximum absolute atomic E-state index is 10.9. The van der Waals surface area contributed by atoms with E-state index in [-0.39, 0.29) is 0 Å². The van der Waals surface area contributed by atoms with E-state index in [9.17, 15) is 14.2 Å². The maximum Gasteiger partial charge on any atom is 0.332 e. The molecule has 7 nitrogen and oxygen atoms in total. The number of esters is 2. The van der Waals surface area contributed by atoms with E-state index in [4.69, 9.17) is 0 Å². The van der Waals surface area contributed by atoms with Crippen molar-refractivity contribution in [3.63, 3.8) is 0 Å². The fourth-order valence-corrected chi connectivity index (χ4v) is 0.824. The second-order valence-corrected chi connectivity index (χ2v) is 3.19. The average molecular weight is 250 g/mol. The zero-order valence-electron chi connectivity index (χ0n) is 8.34. The molecule has 0 aromatic rings. The highest BCUT2D eigenvalue weighted by atomic mass is 31.1. The monoisotopic (exact) mass is 250 g/mol. The van der Waals surface area contributed by atoms with Gasteiger partial charge in [0.2, 0.25) is 13.6 Å². The Labute approximate surface area is 92.6 Å². The van der Waals surface area contributed by atoms with Crippen molar-refractivity contribution < 1.29 is 32.7 Å². The molecule has 0 radical (unpaired) electrons. The van der Waals surface area contributed by atoms with E-state index in [1.807, 2.05) is 0 Å². The summed E-state index contributed by atoms with van der Waals surface area (Å²) in [4.78, 5) is 21.0. The Hall–Kier alpha value is -1.43. The van der Waals surface area contributed by atoms with Gasteiger partial charge in [-0.2, -0.15) is 0 Å². The van der Waals surface area contributed by atoms with Gasteiger partial charge in [-0.1, -0.05) is 13.2 Å². The summed E-state index contributed by atoms with van der Waals surface area (Å²) in [6, 6.07) is 0. The summed E-state index contributed by atoms with van der Waals surface area (Å²) in [5, 5.41) is 0. The van der Waals surface area contributed by atoms with Crippen molar-refractivity contribution in [2.24, 2.45) is 0 Å². The van der Waals surface area contributed by atoms with E-state index < -0.39 is 33.8 Å². The first-order valence-corrected chi connectivity index (χ1v) is 5.20. The molecule has 8 heteroatoms. The SMILES string of the molecule is C=CC(=O)OCO[PH](=O)OCOC(=O)C=C. The van der Waals surface area contributed by atoms with Gasteiger partial charge in [-0.25, -0.2) is 9.59 Å². The molecule has 0 saturated heterocycles. The van der Waals surface area contributed by atoms with Crippen LogP contribution in [-0.4, -0.2) is 25.5 Å². The van der Waals surface area contributed by atoms with Crippen molar-refractivity contribution >= 4 is 20.2 Å². The number of rotatable bonds is 8. The molecule has 0 spiro atoms. The third kappa shape index (κ3) is 7.93. The van der Waals surface area contributed by atoms with Crippen LogP contribution < -0.4 is 0 Å². The van der Waals surface area contributed by atoms with Crippen LogP contribution in [0, 0.1) is 0 Å². The Bertz CT molecular complexity index is 271. The van der Waals surface area contributed by atoms with Crippen LogP contribution in [-0.2, 0) is 32.7 Å². The van der Waals surface area contributed by atoms with E-state index in [1.54, 1.807) is 0 Å². The van der Waals surface area contributed by atoms with Gasteiger partial charge < -0.3 is 9.47 Å². The van der Waals surface area contributed by atoms with Gasteiger partial charge in [0, 0.05) is 12.2 Å². The fourth-order valence-electron chi connectivity index (χ4n) is 0.431. The number of carbonyl (C=O) groups is 2. The summed E-state index contributed by atoms with van der Waals surface area (Å²) in [7, 11) is -2.87. The molecular weight excluding hydrogens is 239 g/mol. The van der Waals surface area contributed by atoms with Crippen LogP contribution in [0.2, 0.25) is 0 Å². The molecule has 0 unspecified atom stereocenters. The largest absolute Gasteiger partial charge is 0.435 e. The van der Waals surface area contributed by atoms with Crippen LogP contribution in [0.15, 0.2) is 25.3 Å². The number of carbonyl (C=O) groups excluding carboxylic acids is 2. The molecule has 0 saturated carbocycles. The van der Waals surface area contributed by atoms with Crippen molar-refractivity contribution in [3.8, 4) is 0 Å². The van der Waals surface area contributed by atoms with Crippen molar-refractivity contribution in [2.75, 3.05) is 13.6 Å². The Morgan fingerprint density at radius 3 is 1.69 bits per heavy atom. The first-order chi connectivity index (χ1) is 7.60. The van der Waals surface area contributed by atoms with Gasteiger partial charge in [-0.3, -0.25) is 13.6 Å². The third-order valence-electron chi connectivity index (χ3n) is 1.09. The first-order valence-electron chi connectivity index (χ1n) is 3.98. The molecule has 0 rings (SSSR count). The van der Waals surface area contributed by atoms with Gasteiger partial charge in [-0.15, -0.1) is 0 Å². The molecule has 0 fully saturated rings. The Morgan fingerprint density at radius 2 is 1.38 bits per heavy atom. The number of hydrogen-bond donors (Lipinski definition) is 0. The highest BCUT2D eigenvalue weighted by Crippen LogP contribution is 2.23. The third-order valence-corrected chi connectivity index (χ3v) is 1.80. The van der Waals surface area contributed by atoms with Crippen LogP contribution in [0.3, 0.4) is 0 Å².